The highest BCUT2D eigenvalue weighted by Crippen LogP contribution is 2.22. The van der Waals surface area contributed by atoms with Crippen LogP contribution in [-0.2, 0) is 4.79 Å². The molecule has 1 heterocycles. The van der Waals surface area contributed by atoms with E-state index >= 15 is 0 Å². The normalized spacial score (nSPS) is 15.8. The summed E-state index contributed by atoms with van der Waals surface area (Å²) in [7, 11) is 0. The molecule has 2 N–H and O–H groups in total. The van der Waals surface area contributed by atoms with Crippen molar-refractivity contribution in [2.75, 3.05) is 18.4 Å². The van der Waals surface area contributed by atoms with E-state index in [1.165, 1.54) is 0 Å². The molecule has 1 aliphatic heterocycles. The predicted octanol–water partition coefficient (Wildman–Crippen LogP) is 3.56. The number of carboxylic acids is 1. The zero-order valence-electron chi connectivity index (χ0n) is 11.7. The third-order valence-electron chi connectivity index (χ3n) is 3.76. The molecule has 1 aromatic carbocycles. The fraction of sp³-hybridized carbons (Fsp3) is 0.467. The van der Waals surface area contributed by atoms with Crippen molar-refractivity contribution >= 4 is 33.6 Å². The van der Waals surface area contributed by atoms with Crippen LogP contribution in [0, 0.1) is 5.92 Å². The Kier molecular flexibility index (Phi) is 5.61. The van der Waals surface area contributed by atoms with Crippen LogP contribution in [0.15, 0.2) is 28.7 Å². The fourth-order valence-corrected chi connectivity index (χ4v) is 2.75. The molecule has 114 valence electrons. The number of amides is 2. The molecule has 1 saturated heterocycles. The highest BCUT2D eigenvalue weighted by Gasteiger charge is 2.23. The van der Waals surface area contributed by atoms with E-state index in [0.29, 0.717) is 25.4 Å². The average Bonchev–Trinajstić information content (AvgIpc) is 2.48. The Morgan fingerprint density at radius 1 is 1.24 bits per heavy atom. The number of halogens is 1. The smallest absolute Gasteiger partial charge is 0.321 e. The summed E-state index contributed by atoms with van der Waals surface area (Å²) in [5, 5.41) is 11.6. The van der Waals surface area contributed by atoms with E-state index in [-0.39, 0.29) is 12.5 Å². The molecule has 2 amide bonds. The van der Waals surface area contributed by atoms with E-state index < -0.39 is 5.97 Å². The Labute approximate surface area is 132 Å². The first-order valence-electron chi connectivity index (χ1n) is 7.08. The van der Waals surface area contributed by atoms with Crippen molar-refractivity contribution in [1.82, 2.24) is 4.90 Å². The molecule has 0 atom stereocenters. The maximum absolute atomic E-state index is 12.1. The molecule has 0 unspecified atom stereocenters. The van der Waals surface area contributed by atoms with Crippen molar-refractivity contribution in [2.24, 2.45) is 5.92 Å². The zero-order chi connectivity index (χ0) is 15.2. The topological polar surface area (TPSA) is 69.6 Å². The van der Waals surface area contributed by atoms with Gasteiger partial charge in [0, 0.05) is 29.7 Å². The summed E-state index contributed by atoms with van der Waals surface area (Å²) < 4.78 is 0.972. The molecular weight excluding hydrogens is 336 g/mol. The number of anilines is 1. The van der Waals surface area contributed by atoms with Crippen LogP contribution in [0.25, 0.3) is 0 Å². The average molecular weight is 355 g/mol. The number of hydrogen-bond donors (Lipinski definition) is 2. The number of carbonyl (C=O) groups is 2. The number of benzene rings is 1. The second-order valence-corrected chi connectivity index (χ2v) is 6.22. The van der Waals surface area contributed by atoms with Crippen molar-refractivity contribution in [3.8, 4) is 0 Å². The lowest BCUT2D eigenvalue weighted by molar-refractivity contribution is -0.137. The predicted molar refractivity (Wildman–Crippen MR) is 84.3 cm³/mol. The molecule has 2 rings (SSSR count). The van der Waals surface area contributed by atoms with Crippen LogP contribution in [0.4, 0.5) is 10.5 Å². The highest BCUT2D eigenvalue weighted by atomic mass is 79.9. The van der Waals surface area contributed by atoms with Gasteiger partial charge < -0.3 is 15.3 Å². The molecular formula is C15H19BrN2O3. The molecule has 0 saturated carbocycles. The second kappa shape index (κ2) is 7.45. The SMILES string of the molecule is O=C(O)CCC1CCN(C(=O)Nc2ccc(Br)cc2)CC1. The highest BCUT2D eigenvalue weighted by molar-refractivity contribution is 9.10. The van der Waals surface area contributed by atoms with Gasteiger partial charge in [-0.3, -0.25) is 4.79 Å². The molecule has 1 aliphatic rings. The van der Waals surface area contributed by atoms with Crippen molar-refractivity contribution < 1.29 is 14.7 Å². The number of rotatable bonds is 4. The van der Waals surface area contributed by atoms with Crippen molar-refractivity contribution in [3.05, 3.63) is 28.7 Å². The number of nitrogens with one attached hydrogen (secondary N) is 1. The fourth-order valence-electron chi connectivity index (χ4n) is 2.49. The van der Waals surface area contributed by atoms with Crippen molar-refractivity contribution in [3.63, 3.8) is 0 Å². The molecule has 0 aromatic heterocycles. The summed E-state index contributed by atoms with van der Waals surface area (Å²) in [4.78, 5) is 24.5. The Morgan fingerprint density at radius 2 is 1.86 bits per heavy atom. The number of carbonyl (C=O) groups excluding carboxylic acids is 1. The lowest BCUT2D eigenvalue weighted by atomic mass is 9.92. The third-order valence-corrected chi connectivity index (χ3v) is 4.29. The van der Waals surface area contributed by atoms with Crippen molar-refractivity contribution in [2.45, 2.75) is 25.7 Å². The van der Waals surface area contributed by atoms with Crippen LogP contribution >= 0.6 is 15.9 Å². The molecule has 0 aliphatic carbocycles. The first-order chi connectivity index (χ1) is 10.0. The summed E-state index contributed by atoms with van der Waals surface area (Å²) >= 11 is 3.35. The number of piperidine rings is 1. The second-order valence-electron chi connectivity index (χ2n) is 5.30. The van der Waals surface area contributed by atoms with Gasteiger partial charge in [-0.15, -0.1) is 0 Å². The molecule has 21 heavy (non-hydrogen) atoms. The van der Waals surface area contributed by atoms with Crippen LogP contribution in [0.2, 0.25) is 0 Å². The van der Waals surface area contributed by atoms with Crippen molar-refractivity contribution in [1.29, 1.82) is 0 Å². The summed E-state index contributed by atoms with van der Waals surface area (Å²) in [6, 6.07) is 7.37. The maximum atomic E-state index is 12.1. The van der Waals surface area contributed by atoms with E-state index in [9.17, 15) is 9.59 Å². The van der Waals surface area contributed by atoms with Gasteiger partial charge in [0.1, 0.15) is 0 Å². The minimum absolute atomic E-state index is 0.0889. The van der Waals surface area contributed by atoms with Crippen LogP contribution in [0.3, 0.4) is 0 Å². The third kappa shape index (κ3) is 5.04. The quantitative estimate of drug-likeness (QED) is 0.868. The summed E-state index contributed by atoms with van der Waals surface area (Å²) in [5.41, 5.74) is 0.774. The van der Waals surface area contributed by atoms with E-state index in [4.69, 9.17) is 5.11 Å². The number of carboxylic acid groups (broad SMARTS) is 1. The maximum Gasteiger partial charge on any atom is 0.321 e. The Hall–Kier alpha value is -1.56. The number of hydrogen-bond acceptors (Lipinski definition) is 2. The van der Waals surface area contributed by atoms with Crippen LogP contribution in [-0.4, -0.2) is 35.1 Å². The van der Waals surface area contributed by atoms with Gasteiger partial charge in [-0.25, -0.2) is 4.79 Å². The van der Waals surface area contributed by atoms with E-state index in [2.05, 4.69) is 21.2 Å². The lowest BCUT2D eigenvalue weighted by Crippen LogP contribution is -2.41. The number of aliphatic carboxylic acids is 1. The van der Waals surface area contributed by atoms with Gasteiger partial charge in [-0.05, 0) is 49.4 Å². The van der Waals surface area contributed by atoms with Gasteiger partial charge in [-0.1, -0.05) is 15.9 Å². The Morgan fingerprint density at radius 3 is 2.43 bits per heavy atom. The summed E-state index contributed by atoms with van der Waals surface area (Å²) in [5.74, 6) is -0.330. The molecule has 0 radical (unpaired) electrons. The number of likely N-dealkylation sites (tertiary alicyclic amines) is 1. The monoisotopic (exact) mass is 354 g/mol. The molecule has 0 spiro atoms. The van der Waals surface area contributed by atoms with Crippen LogP contribution in [0.5, 0.6) is 0 Å². The Balaban J connectivity index is 1.77. The lowest BCUT2D eigenvalue weighted by Gasteiger charge is -2.31. The number of nitrogens with zero attached hydrogens (tertiary/aromatic N) is 1. The van der Waals surface area contributed by atoms with E-state index in [1.54, 1.807) is 4.90 Å². The molecule has 1 fully saturated rings. The molecule has 1 aromatic rings. The van der Waals surface area contributed by atoms with Gasteiger partial charge in [-0.2, -0.15) is 0 Å². The first-order valence-corrected chi connectivity index (χ1v) is 7.87. The number of urea groups is 1. The Bertz CT molecular complexity index is 496. The van der Waals surface area contributed by atoms with Gasteiger partial charge in [0.25, 0.3) is 0 Å². The first kappa shape index (κ1) is 15.8. The minimum Gasteiger partial charge on any atom is -0.481 e. The minimum atomic E-state index is -0.745. The largest absolute Gasteiger partial charge is 0.481 e. The van der Waals surface area contributed by atoms with Gasteiger partial charge in [0.2, 0.25) is 0 Å². The van der Waals surface area contributed by atoms with Crippen LogP contribution < -0.4 is 5.32 Å². The molecule has 0 bridgehead atoms. The molecule has 6 heteroatoms. The van der Waals surface area contributed by atoms with Gasteiger partial charge >= 0.3 is 12.0 Å². The van der Waals surface area contributed by atoms with Gasteiger partial charge in [0.05, 0.1) is 0 Å². The van der Waals surface area contributed by atoms with E-state index in [1.807, 2.05) is 24.3 Å². The summed E-state index contributed by atoms with van der Waals surface area (Å²) in [6.45, 7) is 1.37. The van der Waals surface area contributed by atoms with Gasteiger partial charge in [0.15, 0.2) is 0 Å². The van der Waals surface area contributed by atoms with Crippen LogP contribution in [0.1, 0.15) is 25.7 Å². The summed E-state index contributed by atoms with van der Waals surface area (Å²) in [6.07, 6.45) is 2.68. The van der Waals surface area contributed by atoms with E-state index in [0.717, 1.165) is 23.0 Å². The molecule has 5 nitrogen and oxygen atoms in total. The standard InChI is InChI=1S/C15H19BrN2O3/c16-12-2-4-13(5-3-12)17-15(21)18-9-7-11(8-10-18)1-6-14(19)20/h2-5,11H,1,6-10H2,(H,17,21)(H,19,20). The zero-order valence-corrected chi connectivity index (χ0v) is 13.3.